The van der Waals surface area contributed by atoms with E-state index in [0.29, 0.717) is 24.0 Å². The van der Waals surface area contributed by atoms with Crippen LogP contribution in [0.25, 0.3) is 0 Å². The van der Waals surface area contributed by atoms with Crippen LogP contribution in [0, 0.1) is 0 Å². The van der Waals surface area contributed by atoms with Crippen molar-refractivity contribution >= 4 is 45.7 Å². The molecule has 0 saturated heterocycles. The van der Waals surface area contributed by atoms with Crippen LogP contribution in [-0.4, -0.2) is 40.0 Å². The molecule has 0 fully saturated rings. The van der Waals surface area contributed by atoms with Gasteiger partial charge in [0.1, 0.15) is 0 Å². The molecule has 8 heteroatoms. The van der Waals surface area contributed by atoms with Crippen molar-refractivity contribution in [1.82, 2.24) is 0 Å². The molecule has 0 aromatic heterocycles. The zero-order valence-corrected chi connectivity index (χ0v) is 17.7. The third-order valence-corrected chi connectivity index (χ3v) is 21.5. The van der Waals surface area contributed by atoms with Crippen LogP contribution >= 0.6 is 11.6 Å². The first-order valence-electron chi connectivity index (χ1n) is 7.54. The van der Waals surface area contributed by atoms with Gasteiger partial charge in [0.15, 0.2) is 0 Å². The molecular formula is C12H27ClO3Si4. The average Bonchev–Trinajstić information content (AvgIpc) is 2.44. The van der Waals surface area contributed by atoms with E-state index in [1.807, 2.05) is 20.8 Å². The highest BCUT2D eigenvalue weighted by Gasteiger charge is 2.38. The molecule has 0 aromatic rings. The monoisotopic (exact) mass is 366 g/mol. The molecule has 0 saturated carbocycles. The minimum atomic E-state index is -1.95. The smallest absolute Gasteiger partial charge is 0.273 e. The van der Waals surface area contributed by atoms with Gasteiger partial charge in [0.25, 0.3) is 26.0 Å². The van der Waals surface area contributed by atoms with Crippen molar-refractivity contribution in [2.24, 2.45) is 0 Å². The van der Waals surface area contributed by atoms with Gasteiger partial charge in [0.2, 0.25) is 0 Å². The van der Waals surface area contributed by atoms with Gasteiger partial charge in [0.05, 0.1) is 8.07 Å². The summed E-state index contributed by atoms with van der Waals surface area (Å²) in [7, 11) is -6.75. The lowest BCUT2D eigenvalue weighted by atomic mass is 10.6. The summed E-state index contributed by atoms with van der Waals surface area (Å²) in [6, 6.07) is 3.07. The molecule has 0 bridgehead atoms. The van der Waals surface area contributed by atoms with Crippen LogP contribution in [0.3, 0.4) is 0 Å². The van der Waals surface area contributed by atoms with E-state index in [-0.39, 0.29) is 0 Å². The predicted octanol–water partition coefficient (Wildman–Crippen LogP) is 4.01. The molecule has 0 heterocycles. The molecule has 0 aromatic carbocycles. The predicted molar refractivity (Wildman–Crippen MR) is 91.1 cm³/mol. The molecule has 0 unspecified atom stereocenters. The van der Waals surface area contributed by atoms with Crippen molar-refractivity contribution in [1.29, 1.82) is 0 Å². The van der Waals surface area contributed by atoms with E-state index in [9.17, 15) is 13.4 Å². The van der Waals surface area contributed by atoms with Crippen LogP contribution < -0.4 is 0 Å². The summed E-state index contributed by atoms with van der Waals surface area (Å²) in [6.45, 7) is 5.86. The van der Waals surface area contributed by atoms with E-state index in [1.54, 1.807) is 0 Å². The Balaban J connectivity index is 5.18. The molecule has 0 aliphatic rings. The van der Waals surface area contributed by atoms with Crippen LogP contribution in [-0.2, 0) is 13.4 Å². The molecule has 0 spiro atoms. The number of hydrogen-bond donors (Lipinski definition) is 0. The Morgan fingerprint density at radius 1 is 0.800 bits per heavy atom. The van der Waals surface area contributed by atoms with E-state index in [0.717, 1.165) is 29.5 Å². The van der Waals surface area contributed by atoms with Crippen LogP contribution in [0.15, 0.2) is 0 Å². The maximum Gasteiger partial charge on any atom is 0.273 e. The number of hydrogen-bond acceptors (Lipinski definition) is 3. The standard InChI is InChI=1S/C12H27ClO3Si4/c1-4-17(14)10-20(9-7-8-13,11-18(15)5-2)12-19(16)6-3/h4-12H2,1-3H3. The zero-order chi connectivity index (χ0) is 15.6. The van der Waals surface area contributed by atoms with E-state index in [2.05, 4.69) is 0 Å². The molecule has 0 amide bonds. The largest absolute Gasteiger partial charge is 0.389 e. The summed E-state index contributed by atoms with van der Waals surface area (Å²) in [5.41, 5.74) is 2.20. The van der Waals surface area contributed by atoms with Gasteiger partial charge in [-0.05, 0) is 41.6 Å². The second-order valence-corrected chi connectivity index (χ2v) is 19.0. The maximum atomic E-state index is 12.1. The van der Waals surface area contributed by atoms with E-state index in [1.165, 1.54) is 0 Å². The van der Waals surface area contributed by atoms with Crippen LogP contribution in [0.4, 0.5) is 0 Å². The number of alkyl halides is 1. The second kappa shape index (κ2) is 11.2. The lowest BCUT2D eigenvalue weighted by molar-refractivity contribution is 0.560. The van der Waals surface area contributed by atoms with Gasteiger partial charge in [-0.2, -0.15) is 0 Å². The molecule has 0 rings (SSSR count). The van der Waals surface area contributed by atoms with Crippen molar-refractivity contribution in [2.45, 2.75) is 68.4 Å². The van der Waals surface area contributed by atoms with Gasteiger partial charge in [-0.3, -0.25) is 0 Å². The van der Waals surface area contributed by atoms with E-state index >= 15 is 0 Å². The van der Waals surface area contributed by atoms with E-state index < -0.39 is 34.1 Å². The topological polar surface area (TPSA) is 51.2 Å². The van der Waals surface area contributed by atoms with Gasteiger partial charge >= 0.3 is 0 Å². The van der Waals surface area contributed by atoms with Crippen molar-refractivity contribution in [3.63, 3.8) is 0 Å². The lowest BCUT2D eigenvalue weighted by Crippen LogP contribution is -2.42. The second-order valence-electron chi connectivity index (χ2n) is 5.50. The number of halogens is 1. The third-order valence-electron chi connectivity index (χ3n) is 3.74. The molecule has 0 atom stereocenters. The highest BCUT2D eigenvalue weighted by atomic mass is 35.5. The first kappa shape index (κ1) is 20.6. The fourth-order valence-electron chi connectivity index (χ4n) is 2.52. The molecule has 0 aliphatic heterocycles. The number of rotatable bonds is 12. The first-order valence-corrected chi connectivity index (χ1v) is 16.4. The van der Waals surface area contributed by atoms with Gasteiger partial charge in [-0.25, -0.2) is 0 Å². The van der Waals surface area contributed by atoms with Crippen LogP contribution in [0.5, 0.6) is 0 Å². The first-order chi connectivity index (χ1) is 9.42. The van der Waals surface area contributed by atoms with Crippen molar-refractivity contribution < 1.29 is 13.4 Å². The molecule has 116 valence electrons. The third kappa shape index (κ3) is 8.11. The Morgan fingerprint density at radius 2 is 1.15 bits per heavy atom. The molecule has 3 nitrogen and oxygen atoms in total. The minimum absolute atomic E-state index is 0.585. The normalized spacial score (nSPS) is 11.4. The molecule has 0 radical (unpaired) electrons. The van der Waals surface area contributed by atoms with Gasteiger partial charge in [-0.15, -0.1) is 11.6 Å². The summed E-state index contributed by atoms with van der Waals surface area (Å²) in [5, 5.41) is 0. The van der Waals surface area contributed by atoms with Crippen LogP contribution in [0.2, 0.25) is 41.2 Å². The minimum Gasteiger partial charge on any atom is -0.389 e. The highest BCUT2D eigenvalue weighted by Crippen LogP contribution is 2.29. The SMILES string of the molecule is CC[Si](=O)C[Si](CCCCl)(C[Si](=O)CC)C[Si](=O)CC. The molecule has 0 aliphatic carbocycles. The van der Waals surface area contributed by atoms with Crippen LogP contribution in [0.1, 0.15) is 27.2 Å². The van der Waals surface area contributed by atoms with Gasteiger partial charge < -0.3 is 13.4 Å². The molecule has 0 N–H and O–H groups in total. The zero-order valence-electron chi connectivity index (χ0n) is 13.0. The Hall–Kier alpha value is 0.558. The van der Waals surface area contributed by atoms with Gasteiger partial charge in [0, 0.05) is 5.88 Å². The lowest BCUT2D eigenvalue weighted by Gasteiger charge is -2.29. The Labute approximate surface area is 133 Å². The van der Waals surface area contributed by atoms with Crippen molar-refractivity contribution in [2.75, 3.05) is 5.88 Å². The molecular weight excluding hydrogens is 340 g/mol. The summed E-state index contributed by atoms with van der Waals surface area (Å²) < 4.78 is 36.4. The highest BCUT2D eigenvalue weighted by molar-refractivity contribution is 6.97. The molecule has 20 heavy (non-hydrogen) atoms. The van der Waals surface area contributed by atoms with E-state index in [4.69, 9.17) is 11.6 Å². The van der Waals surface area contributed by atoms with Crippen molar-refractivity contribution in [3.8, 4) is 0 Å². The Morgan fingerprint density at radius 3 is 1.40 bits per heavy atom. The summed E-state index contributed by atoms with van der Waals surface area (Å²) >= 11 is 5.83. The summed E-state index contributed by atoms with van der Waals surface area (Å²) in [4.78, 5) is 0. The fraction of sp³-hybridized carbons (Fsp3) is 1.00. The summed E-state index contributed by atoms with van der Waals surface area (Å²) in [5.74, 6) is 0.585. The maximum absolute atomic E-state index is 12.1. The van der Waals surface area contributed by atoms with Crippen molar-refractivity contribution in [3.05, 3.63) is 0 Å². The quantitative estimate of drug-likeness (QED) is 0.387. The average molecular weight is 367 g/mol. The fourth-order valence-corrected chi connectivity index (χ4v) is 23.8. The Bertz CT molecular complexity index is 304. The summed E-state index contributed by atoms with van der Waals surface area (Å²) in [6.07, 6.45) is 0.879. The Kier molecular flexibility index (Phi) is 11.5. The van der Waals surface area contributed by atoms with Gasteiger partial charge in [-0.1, -0.05) is 26.8 Å².